The molecule has 0 aromatic heterocycles. The van der Waals surface area contributed by atoms with Crippen molar-refractivity contribution in [3.05, 3.63) is 174 Å². The molecule has 0 N–H and O–H groups in total. The average molecular weight is 630 g/mol. The van der Waals surface area contributed by atoms with Crippen LogP contribution in [-0.2, 0) is 10.8 Å². The number of anilines is 3. The van der Waals surface area contributed by atoms with Gasteiger partial charge in [0.25, 0.3) is 0 Å². The highest BCUT2D eigenvalue weighted by atomic mass is 15.1. The quantitative estimate of drug-likeness (QED) is 0.187. The normalized spacial score (nSPS) is 16.0. The summed E-state index contributed by atoms with van der Waals surface area (Å²) in [7, 11) is 0. The van der Waals surface area contributed by atoms with Gasteiger partial charge in [-0.15, -0.1) is 0 Å². The van der Waals surface area contributed by atoms with Crippen molar-refractivity contribution in [2.45, 2.75) is 50.4 Å². The maximum absolute atomic E-state index is 2.58. The summed E-state index contributed by atoms with van der Waals surface area (Å²) >= 11 is 0. The molecule has 3 aliphatic carbocycles. The molecule has 49 heavy (non-hydrogen) atoms. The molecule has 0 saturated heterocycles. The monoisotopic (exact) mass is 629 g/mol. The van der Waals surface area contributed by atoms with Crippen LogP contribution in [0.5, 0.6) is 0 Å². The second-order valence-electron chi connectivity index (χ2n) is 14.9. The lowest BCUT2D eigenvalue weighted by Gasteiger charge is -2.32. The highest BCUT2D eigenvalue weighted by Gasteiger charge is 2.47. The van der Waals surface area contributed by atoms with E-state index >= 15 is 0 Å². The Morgan fingerprint density at radius 2 is 1.08 bits per heavy atom. The number of hydrogen-bond donors (Lipinski definition) is 0. The van der Waals surface area contributed by atoms with Crippen LogP contribution in [0.3, 0.4) is 0 Å². The van der Waals surface area contributed by atoms with Crippen LogP contribution in [0.4, 0.5) is 17.1 Å². The van der Waals surface area contributed by atoms with Gasteiger partial charge in [0.1, 0.15) is 0 Å². The molecule has 1 saturated carbocycles. The highest BCUT2D eigenvalue weighted by molar-refractivity contribution is 6.10. The number of fused-ring (bicyclic) bond motifs is 9. The third kappa shape index (κ3) is 4.05. The lowest BCUT2D eigenvalue weighted by Crippen LogP contribution is -2.21. The molecule has 0 bridgehead atoms. The molecule has 7 aromatic carbocycles. The first-order valence-corrected chi connectivity index (χ1v) is 17.9. The smallest absolute Gasteiger partial charge is 0.0621 e. The molecule has 3 aliphatic rings. The van der Waals surface area contributed by atoms with E-state index in [1.54, 1.807) is 0 Å². The minimum absolute atomic E-state index is 0.0785. The number of rotatable bonds is 4. The fourth-order valence-electron chi connectivity index (χ4n) is 9.66. The summed E-state index contributed by atoms with van der Waals surface area (Å²) in [6.07, 6.45) is 4.99. The first-order valence-electron chi connectivity index (χ1n) is 17.9. The van der Waals surface area contributed by atoms with Gasteiger partial charge < -0.3 is 4.90 Å². The maximum atomic E-state index is 2.58. The molecule has 0 aliphatic heterocycles. The lowest BCUT2D eigenvalue weighted by molar-refractivity contribution is 0.550. The SMILES string of the molecule is CC1(C)c2ccccc2-c2ccc(N(c3ccc(-c4ccccc4)cc3)c3c4c(cc5ccccc35)C3(CCCC3)c3ccccc3-4)cc21. The summed E-state index contributed by atoms with van der Waals surface area (Å²) in [6.45, 7) is 4.77. The number of nitrogens with zero attached hydrogens (tertiary/aromatic N) is 1. The van der Waals surface area contributed by atoms with E-state index < -0.39 is 0 Å². The zero-order valence-electron chi connectivity index (χ0n) is 28.2. The van der Waals surface area contributed by atoms with E-state index in [1.807, 2.05) is 0 Å². The standard InChI is InChI=1S/C48H39N/c1-47(2)41-20-10-8-18-38(41)39-27-26-36(31-43(39)47)49(35-24-22-33(23-25-35)32-14-4-3-5-15-32)46-37-17-7-6-16-34(37)30-44-45(46)40-19-9-11-21-42(40)48(44)28-12-13-29-48/h3-11,14-27,30-31H,12-13,28-29H2,1-2H3. The van der Waals surface area contributed by atoms with Crippen molar-refractivity contribution in [1.29, 1.82) is 0 Å². The summed E-state index contributed by atoms with van der Waals surface area (Å²) in [5, 5.41) is 2.61. The lowest BCUT2D eigenvalue weighted by atomic mass is 9.76. The van der Waals surface area contributed by atoms with Gasteiger partial charge in [0.15, 0.2) is 0 Å². The summed E-state index contributed by atoms with van der Waals surface area (Å²) < 4.78 is 0. The van der Waals surface area contributed by atoms with Crippen molar-refractivity contribution in [3.8, 4) is 33.4 Å². The van der Waals surface area contributed by atoms with E-state index in [2.05, 4.69) is 170 Å². The molecule has 1 heteroatoms. The summed E-state index contributed by atoms with van der Waals surface area (Å²) in [6, 6.07) is 57.1. The molecule has 0 unspecified atom stereocenters. The van der Waals surface area contributed by atoms with Gasteiger partial charge in [-0.3, -0.25) is 0 Å². The molecule has 10 rings (SSSR count). The van der Waals surface area contributed by atoms with Gasteiger partial charge in [-0.1, -0.05) is 148 Å². The van der Waals surface area contributed by atoms with Crippen molar-refractivity contribution in [3.63, 3.8) is 0 Å². The van der Waals surface area contributed by atoms with Crippen LogP contribution in [-0.4, -0.2) is 0 Å². The summed E-state index contributed by atoms with van der Waals surface area (Å²) in [4.78, 5) is 2.58. The molecule has 0 heterocycles. The minimum atomic E-state index is -0.0913. The molecule has 236 valence electrons. The van der Waals surface area contributed by atoms with Gasteiger partial charge in [0.2, 0.25) is 0 Å². The fraction of sp³-hybridized carbons (Fsp3) is 0.167. The zero-order valence-corrected chi connectivity index (χ0v) is 28.2. The topological polar surface area (TPSA) is 3.24 Å². The van der Waals surface area contributed by atoms with Crippen molar-refractivity contribution in [2.24, 2.45) is 0 Å². The second-order valence-corrected chi connectivity index (χ2v) is 14.9. The third-order valence-corrected chi connectivity index (χ3v) is 12.0. The zero-order chi connectivity index (χ0) is 32.7. The highest BCUT2D eigenvalue weighted by Crippen LogP contribution is 2.62. The molecule has 1 nitrogen and oxygen atoms in total. The van der Waals surface area contributed by atoms with Crippen LogP contribution in [0.25, 0.3) is 44.2 Å². The predicted molar refractivity (Wildman–Crippen MR) is 206 cm³/mol. The van der Waals surface area contributed by atoms with Crippen molar-refractivity contribution < 1.29 is 0 Å². The molecule has 7 aromatic rings. The predicted octanol–water partition coefficient (Wildman–Crippen LogP) is 13.1. The average Bonchev–Trinajstić information content (AvgIpc) is 3.82. The number of hydrogen-bond acceptors (Lipinski definition) is 1. The molecule has 0 atom stereocenters. The largest absolute Gasteiger partial charge is 0.309 e. The molecular weight excluding hydrogens is 591 g/mol. The molecule has 0 amide bonds. The van der Waals surface area contributed by atoms with Crippen LogP contribution < -0.4 is 4.90 Å². The first kappa shape index (κ1) is 28.6. The molecule has 0 radical (unpaired) electrons. The van der Waals surface area contributed by atoms with E-state index in [0.29, 0.717) is 0 Å². The Balaban J connectivity index is 1.27. The van der Waals surface area contributed by atoms with Gasteiger partial charge >= 0.3 is 0 Å². The Hall–Kier alpha value is -5.40. The van der Waals surface area contributed by atoms with E-state index in [-0.39, 0.29) is 10.8 Å². The van der Waals surface area contributed by atoms with Crippen molar-refractivity contribution in [2.75, 3.05) is 4.90 Å². The van der Waals surface area contributed by atoms with Gasteiger partial charge in [0.05, 0.1) is 5.69 Å². The second kappa shape index (κ2) is 10.5. The van der Waals surface area contributed by atoms with Gasteiger partial charge in [-0.25, -0.2) is 0 Å². The third-order valence-electron chi connectivity index (χ3n) is 12.0. The van der Waals surface area contributed by atoms with Crippen LogP contribution in [0.1, 0.15) is 61.8 Å². The van der Waals surface area contributed by atoms with Gasteiger partial charge in [0, 0.05) is 33.2 Å². The van der Waals surface area contributed by atoms with E-state index in [1.165, 1.54) is 109 Å². The van der Waals surface area contributed by atoms with E-state index in [9.17, 15) is 0 Å². The van der Waals surface area contributed by atoms with Crippen LogP contribution in [0.2, 0.25) is 0 Å². The molecule has 1 spiro atoms. The van der Waals surface area contributed by atoms with E-state index in [4.69, 9.17) is 0 Å². The first-order chi connectivity index (χ1) is 24.0. The number of benzene rings is 7. The molecule has 1 fully saturated rings. The Labute approximate surface area is 289 Å². The van der Waals surface area contributed by atoms with Gasteiger partial charge in [-0.05, 0) is 98.6 Å². The Kier molecular flexibility index (Phi) is 6.16. The van der Waals surface area contributed by atoms with Crippen molar-refractivity contribution >= 4 is 27.8 Å². The van der Waals surface area contributed by atoms with Crippen LogP contribution in [0, 0.1) is 0 Å². The Morgan fingerprint density at radius 3 is 1.88 bits per heavy atom. The van der Waals surface area contributed by atoms with Gasteiger partial charge in [-0.2, -0.15) is 0 Å². The maximum Gasteiger partial charge on any atom is 0.0621 e. The summed E-state index contributed by atoms with van der Waals surface area (Å²) in [5.41, 5.74) is 17.5. The molecular formula is C48H39N. The van der Waals surface area contributed by atoms with Crippen molar-refractivity contribution in [1.82, 2.24) is 0 Å². The fourth-order valence-corrected chi connectivity index (χ4v) is 9.66. The Morgan fingerprint density at radius 1 is 0.469 bits per heavy atom. The Bertz CT molecular complexity index is 2410. The van der Waals surface area contributed by atoms with E-state index in [0.717, 1.165) is 0 Å². The summed E-state index contributed by atoms with van der Waals surface area (Å²) in [5.74, 6) is 0. The van der Waals surface area contributed by atoms with Crippen LogP contribution in [0.15, 0.2) is 152 Å². The minimum Gasteiger partial charge on any atom is -0.309 e. The van der Waals surface area contributed by atoms with Crippen LogP contribution >= 0.6 is 0 Å².